The van der Waals surface area contributed by atoms with Gasteiger partial charge in [-0.1, -0.05) is 25.3 Å². The van der Waals surface area contributed by atoms with E-state index in [4.69, 9.17) is 0 Å². The quantitative estimate of drug-likeness (QED) is 0.438. The third kappa shape index (κ3) is 5.11. The molecule has 0 radical (unpaired) electrons. The molecular formula is C11H21N. The van der Waals surface area contributed by atoms with Gasteiger partial charge in [-0.3, -0.25) is 4.99 Å². The number of hydrogen-bond acceptors (Lipinski definition) is 1. The van der Waals surface area contributed by atoms with Crippen molar-refractivity contribution in [1.82, 2.24) is 0 Å². The highest BCUT2D eigenvalue weighted by molar-refractivity contribution is 5.78. The fourth-order valence-corrected chi connectivity index (χ4v) is 1.14. The summed E-state index contributed by atoms with van der Waals surface area (Å²) >= 11 is 0. The highest BCUT2D eigenvalue weighted by atomic mass is 14.6. The second kappa shape index (κ2) is 7.08. The third-order valence-electron chi connectivity index (χ3n) is 2.15. The van der Waals surface area contributed by atoms with Gasteiger partial charge in [0.1, 0.15) is 0 Å². The third-order valence-corrected chi connectivity index (χ3v) is 2.15. The average molecular weight is 167 g/mol. The van der Waals surface area contributed by atoms with E-state index < -0.39 is 0 Å². The molecule has 1 heteroatoms. The molecule has 0 aromatic carbocycles. The number of unbranched alkanes of at least 4 members (excludes halogenated alkanes) is 2. The van der Waals surface area contributed by atoms with Crippen LogP contribution < -0.4 is 0 Å². The summed E-state index contributed by atoms with van der Waals surface area (Å²) in [5.74, 6) is 0. The Labute approximate surface area is 76.6 Å². The molecule has 0 aliphatic rings. The van der Waals surface area contributed by atoms with E-state index in [2.05, 4.69) is 25.8 Å². The van der Waals surface area contributed by atoms with Crippen LogP contribution in [0.3, 0.4) is 0 Å². The molecule has 0 atom stereocenters. The molecule has 0 saturated carbocycles. The fraction of sp³-hybridized carbons (Fsp3) is 0.727. The second-order valence-corrected chi connectivity index (χ2v) is 3.31. The monoisotopic (exact) mass is 167 g/mol. The highest BCUT2D eigenvalue weighted by Crippen LogP contribution is 2.11. The second-order valence-electron chi connectivity index (χ2n) is 3.31. The topological polar surface area (TPSA) is 12.4 Å². The van der Waals surface area contributed by atoms with Crippen LogP contribution in [0.2, 0.25) is 0 Å². The van der Waals surface area contributed by atoms with Crippen LogP contribution in [0.1, 0.15) is 46.5 Å². The standard InChI is InChI=1S/C11H21N/c1-5-6-7-8-10(2)11(3)9-12-4/h9H,5-8H2,1-4H3/b11-10+,12-9?. The summed E-state index contributed by atoms with van der Waals surface area (Å²) in [6, 6.07) is 0. The Balaban J connectivity index is 3.82. The van der Waals surface area contributed by atoms with E-state index in [0.29, 0.717) is 0 Å². The van der Waals surface area contributed by atoms with Crippen molar-refractivity contribution >= 4 is 6.21 Å². The SMILES string of the molecule is CCCCC/C(C)=C(\C)C=NC. The molecule has 0 amide bonds. The predicted octanol–water partition coefficient (Wildman–Crippen LogP) is 3.60. The van der Waals surface area contributed by atoms with Gasteiger partial charge in [0.05, 0.1) is 0 Å². The van der Waals surface area contributed by atoms with Gasteiger partial charge >= 0.3 is 0 Å². The molecule has 0 bridgehead atoms. The molecule has 0 aromatic heterocycles. The van der Waals surface area contributed by atoms with Crippen molar-refractivity contribution in [2.24, 2.45) is 4.99 Å². The van der Waals surface area contributed by atoms with Gasteiger partial charge in [-0.2, -0.15) is 0 Å². The number of hydrogen-bond donors (Lipinski definition) is 0. The molecule has 0 aliphatic heterocycles. The molecule has 0 aliphatic carbocycles. The maximum atomic E-state index is 4.00. The summed E-state index contributed by atoms with van der Waals surface area (Å²) in [5, 5.41) is 0. The van der Waals surface area contributed by atoms with Crippen LogP contribution >= 0.6 is 0 Å². The van der Waals surface area contributed by atoms with Crippen LogP contribution in [-0.4, -0.2) is 13.3 Å². The molecule has 1 nitrogen and oxygen atoms in total. The van der Waals surface area contributed by atoms with Crippen LogP contribution in [0.25, 0.3) is 0 Å². The Bertz CT molecular complexity index is 166. The van der Waals surface area contributed by atoms with Crippen molar-refractivity contribution in [2.45, 2.75) is 46.5 Å². The lowest BCUT2D eigenvalue weighted by Crippen LogP contribution is -1.86. The highest BCUT2D eigenvalue weighted by Gasteiger charge is 1.93. The number of rotatable bonds is 5. The van der Waals surface area contributed by atoms with Crippen molar-refractivity contribution in [3.05, 3.63) is 11.1 Å². The first-order valence-corrected chi connectivity index (χ1v) is 4.80. The first-order chi connectivity index (χ1) is 5.72. The minimum Gasteiger partial charge on any atom is -0.296 e. The number of nitrogens with zero attached hydrogens (tertiary/aromatic N) is 1. The van der Waals surface area contributed by atoms with Crippen LogP contribution in [0.5, 0.6) is 0 Å². The first-order valence-electron chi connectivity index (χ1n) is 4.80. The van der Waals surface area contributed by atoms with Gasteiger partial charge < -0.3 is 0 Å². The molecule has 0 fully saturated rings. The zero-order valence-electron chi connectivity index (χ0n) is 8.85. The normalized spacial score (nSPS) is 13.7. The minimum absolute atomic E-state index is 1.23. The summed E-state index contributed by atoms with van der Waals surface area (Å²) in [5.41, 5.74) is 2.81. The summed E-state index contributed by atoms with van der Waals surface area (Å²) < 4.78 is 0. The van der Waals surface area contributed by atoms with E-state index in [0.717, 1.165) is 0 Å². The number of aliphatic imine (C=N–C) groups is 1. The summed E-state index contributed by atoms with van der Waals surface area (Å²) in [4.78, 5) is 4.00. The van der Waals surface area contributed by atoms with Crippen LogP contribution in [0, 0.1) is 0 Å². The summed E-state index contributed by atoms with van der Waals surface area (Å²) in [6.07, 6.45) is 7.13. The maximum absolute atomic E-state index is 4.00. The van der Waals surface area contributed by atoms with Gasteiger partial charge in [-0.05, 0) is 32.3 Å². The molecule has 0 aromatic rings. The zero-order chi connectivity index (χ0) is 9.40. The van der Waals surface area contributed by atoms with Gasteiger partial charge in [0.15, 0.2) is 0 Å². The number of allylic oxidation sites excluding steroid dienone is 2. The molecule has 12 heavy (non-hydrogen) atoms. The van der Waals surface area contributed by atoms with E-state index in [9.17, 15) is 0 Å². The Kier molecular flexibility index (Phi) is 6.73. The van der Waals surface area contributed by atoms with E-state index in [-0.39, 0.29) is 0 Å². The lowest BCUT2D eigenvalue weighted by molar-refractivity contribution is 0.711. The lowest BCUT2D eigenvalue weighted by atomic mass is 10.0. The van der Waals surface area contributed by atoms with E-state index >= 15 is 0 Å². The molecule has 70 valence electrons. The largest absolute Gasteiger partial charge is 0.296 e. The van der Waals surface area contributed by atoms with E-state index in [1.807, 2.05) is 13.3 Å². The molecule has 0 heterocycles. The maximum Gasteiger partial charge on any atom is 0.0277 e. The first kappa shape index (κ1) is 11.4. The molecule has 0 saturated heterocycles. The minimum atomic E-state index is 1.23. The predicted molar refractivity (Wildman–Crippen MR) is 56.9 cm³/mol. The van der Waals surface area contributed by atoms with Crippen molar-refractivity contribution in [2.75, 3.05) is 7.05 Å². The lowest BCUT2D eigenvalue weighted by Gasteiger charge is -2.02. The van der Waals surface area contributed by atoms with E-state index in [1.54, 1.807) is 0 Å². The Morgan fingerprint density at radius 2 is 1.92 bits per heavy atom. The average Bonchev–Trinajstić information content (AvgIpc) is 2.05. The zero-order valence-corrected chi connectivity index (χ0v) is 8.85. The van der Waals surface area contributed by atoms with Gasteiger partial charge in [0.25, 0.3) is 0 Å². The van der Waals surface area contributed by atoms with Crippen molar-refractivity contribution in [3.63, 3.8) is 0 Å². The van der Waals surface area contributed by atoms with Gasteiger partial charge in [-0.25, -0.2) is 0 Å². The van der Waals surface area contributed by atoms with Crippen molar-refractivity contribution in [1.29, 1.82) is 0 Å². The Hall–Kier alpha value is -0.590. The van der Waals surface area contributed by atoms with Gasteiger partial charge in [0, 0.05) is 13.3 Å². The van der Waals surface area contributed by atoms with Crippen molar-refractivity contribution in [3.8, 4) is 0 Å². The molecular weight excluding hydrogens is 146 g/mol. The molecule has 0 N–H and O–H groups in total. The van der Waals surface area contributed by atoms with Crippen LogP contribution in [-0.2, 0) is 0 Å². The van der Waals surface area contributed by atoms with Gasteiger partial charge in [-0.15, -0.1) is 0 Å². The van der Waals surface area contributed by atoms with Crippen LogP contribution in [0.4, 0.5) is 0 Å². The molecule has 0 rings (SSSR count). The summed E-state index contributed by atoms with van der Waals surface area (Å²) in [6.45, 7) is 6.57. The van der Waals surface area contributed by atoms with E-state index in [1.165, 1.54) is 36.8 Å². The van der Waals surface area contributed by atoms with Crippen molar-refractivity contribution < 1.29 is 0 Å². The molecule has 0 spiro atoms. The smallest absolute Gasteiger partial charge is 0.0277 e. The molecule has 0 unspecified atom stereocenters. The van der Waals surface area contributed by atoms with Gasteiger partial charge in [0.2, 0.25) is 0 Å². The summed E-state index contributed by atoms with van der Waals surface area (Å²) in [7, 11) is 1.82. The Morgan fingerprint density at radius 3 is 2.42 bits per heavy atom. The fourth-order valence-electron chi connectivity index (χ4n) is 1.14. The van der Waals surface area contributed by atoms with Crippen LogP contribution in [0.15, 0.2) is 16.1 Å². The Morgan fingerprint density at radius 1 is 1.25 bits per heavy atom.